The fraction of sp³-hybridized carbons (Fsp3) is 0.400. The number of hydrogen-bond acceptors (Lipinski definition) is 5. The number of nitrogens with zero attached hydrogens (tertiary/aromatic N) is 3. The zero-order valence-corrected chi connectivity index (χ0v) is 12.3. The molecular weight excluding hydrogens is 307 g/mol. The molecule has 0 bridgehead atoms. The van der Waals surface area contributed by atoms with Gasteiger partial charge in [-0.1, -0.05) is 0 Å². The lowest BCUT2D eigenvalue weighted by Gasteiger charge is -2.12. The van der Waals surface area contributed by atoms with E-state index in [0.29, 0.717) is 13.0 Å². The third kappa shape index (κ3) is 4.54. The van der Waals surface area contributed by atoms with E-state index in [1.807, 2.05) is 12.1 Å². The summed E-state index contributed by atoms with van der Waals surface area (Å²) >= 11 is 0. The van der Waals surface area contributed by atoms with E-state index < -0.39 is 11.9 Å². The number of anilines is 2. The molecule has 0 saturated heterocycles. The van der Waals surface area contributed by atoms with Gasteiger partial charge >= 0.3 is 6.18 Å². The molecule has 0 radical (unpaired) electrons. The van der Waals surface area contributed by atoms with E-state index in [1.165, 1.54) is 0 Å². The second-order valence-electron chi connectivity index (χ2n) is 5.41. The first-order valence-corrected chi connectivity index (χ1v) is 7.36. The molecule has 2 aromatic heterocycles. The highest BCUT2D eigenvalue weighted by Crippen LogP contribution is 2.31. The quantitative estimate of drug-likeness (QED) is 0.855. The maximum atomic E-state index is 12.9. The molecule has 0 aliphatic heterocycles. The predicted molar refractivity (Wildman–Crippen MR) is 80.1 cm³/mol. The largest absolute Gasteiger partial charge is 0.433 e. The summed E-state index contributed by atoms with van der Waals surface area (Å²) in [5, 5.41) is 5.83. The normalized spacial score (nSPS) is 14.6. The summed E-state index contributed by atoms with van der Waals surface area (Å²) in [4.78, 5) is 11.6. The molecule has 122 valence electrons. The van der Waals surface area contributed by atoms with Crippen molar-refractivity contribution >= 4 is 11.8 Å². The monoisotopic (exact) mass is 323 g/mol. The first-order valence-electron chi connectivity index (χ1n) is 7.36. The van der Waals surface area contributed by atoms with Crippen LogP contribution in [0.2, 0.25) is 0 Å². The van der Waals surface area contributed by atoms with Crippen LogP contribution in [0.25, 0.3) is 0 Å². The molecule has 5 nitrogen and oxygen atoms in total. The van der Waals surface area contributed by atoms with Crippen LogP contribution in [0.4, 0.5) is 24.9 Å². The first-order chi connectivity index (χ1) is 11.0. The van der Waals surface area contributed by atoms with Crippen molar-refractivity contribution < 1.29 is 13.2 Å². The highest BCUT2D eigenvalue weighted by Gasteiger charge is 2.34. The van der Waals surface area contributed by atoms with Crippen molar-refractivity contribution in [2.24, 2.45) is 0 Å². The Morgan fingerprint density at radius 2 is 1.87 bits per heavy atom. The van der Waals surface area contributed by atoms with Crippen molar-refractivity contribution in [2.45, 2.75) is 31.5 Å². The molecule has 0 atom stereocenters. The Hall–Kier alpha value is -2.38. The van der Waals surface area contributed by atoms with Gasteiger partial charge in [-0.2, -0.15) is 18.2 Å². The van der Waals surface area contributed by atoms with E-state index in [0.717, 1.165) is 24.5 Å². The van der Waals surface area contributed by atoms with E-state index in [1.54, 1.807) is 12.4 Å². The molecule has 0 spiro atoms. The highest BCUT2D eigenvalue weighted by molar-refractivity contribution is 5.44. The first kappa shape index (κ1) is 15.5. The average molecular weight is 323 g/mol. The Labute approximate surface area is 131 Å². The molecular formula is C15H16F3N5. The van der Waals surface area contributed by atoms with Crippen LogP contribution in [0.15, 0.2) is 30.6 Å². The van der Waals surface area contributed by atoms with Crippen LogP contribution in [0.5, 0.6) is 0 Å². The van der Waals surface area contributed by atoms with Gasteiger partial charge in [0.1, 0.15) is 5.82 Å². The summed E-state index contributed by atoms with van der Waals surface area (Å²) in [6.45, 7) is 0.473. The Balaban J connectivity index is 1.69. The SMILES string of the molecule is FC(F)(F)c1cc(NCCc2ccncc2)nc(NC2CC2)n1. The van der Waals surface area contributed by atoms with Crippen molar-refractivity contribution in [3.05, 3.63) is 41.9 Å². The zero-order chi connectivity index (χ0) is 16.3. The van der Waals surface area contributed by atoms with Crippen LogP contribution in [-0.2, 0) is 12.6 Å². The van der Waals surface area contributed by atoms with Gasteiger partial charge < -0.3 is 10.6 Å². The lowest BCUT2D eigenvalue weighted by Crippen LogP contribution is -2.15. The van der Waals surface area contributed by atoms with Crippen LogP contribution in [-0.4, -0.2) is 27.5 Å². The Morgan fingerprint density at radius 3 is 2.52 bits per heavy atom. The van der Waals surface area contributed by atoms with Crippen LogP contribution in [0, 0.1) is 0 Å². The minimum atomic E-state index is -4.50. The number of alkyl halides is 3. The molecule has 2 N–H and O–H groups in total. The van der Waals surface area contributed by atoms with Crippen molar-refractivity contribution in [1.29, 1.82) is 0 Å². The number of hydrogen-bond donors (Lipinski definition) is 2. The summed E-state index contributed by atoms with van der Waals surface area (Å²) in [6, 6.07) is 4.85. The molecule has 2 aromatic rings. The van der Waals surface area contributed by atoms with Gasteiger partial charge in [-0.05, 0) is 37.0 Å². The maximum Gasteiger partial charge on any atom is 0.433 e. The second kappa shape index (κ2) is 6.39. The molecule has 23 heavy (non-hydrogen) atoms. The molecule has 1 fully saturated rings. The predicted octanol–water partition coefficient (Wildman–Crippen LogP) is 3.12. The van der Waals surface area contributed by atoms with E-state index >= 15 is 0 Å². The number of halogens is 3. The summed E-state index contributed by atoms with van der Waals surface area (Å²) in [5.74, 6) is 0.193. The van der Waals surface area contributed by atoms with E-state index in [2.05, 4.69) is 25.6 Å². The average Bonchev–Trinajstić information content (AvgIpc) is 3.31. The van der Waals surface area contributed by atoms with Crippen LogP contribution in [0.3, 0.4) is 0 Å². The zero-order valence-electron chi connectivity index (χ0n) is 12.3. The topological polar surface area (TPSA) is 62.7 Å². The van der Waals surface area contributed by atoms with Gasteiger partial charge in [-0.3, -0.25) is 4.98 Å². The number of rotatable bonds is 6. The third-order valence-electron chi connectivity index (χ3n) is 3.40. The Morgan fingerprint density at radius 1 is 1.13 bits per heavy atom. The molecule has 1 saturated carbocycles. The Bertz CT molecular complexity index is 656. The van der Waals surface area contributed by atoms with Crippen molar-refractivity contribution in [1.82, 2.24) is 15.0 Å². The van der Waals surface area contributed by atoms with Crippen molar-refractivity contribution in [2.75, 3.05) is 17.2 Å². The fourth-order valence-corrected chi connectivity index (χ4v) is 2.04. The van der Waals surface area contributed by atoms with Crippen molar-refractivity contribution in [3.8, 4) is 0 Å². The molecule has 3 rings (SSSR count). The molecule has 1 aliphatic carbocycles. The van der Waals surface area contributed by atoms with Gasteiger partial charge in [0, 0.05) is 31.0 Å². The molecule has 1 aliphatic rings. The molecule has 0 amide bonds. The van der Waals surface area contributed by atoms with E-state index in [9.17, 15) is 13.2 Å². The lowest BCUT2D eigenvalue weighted by molar-refractivity contribution is -0.141. The van der Waals surface area contributed by atoms with Crippen molar-refractivity contribution in [3.63, 3.8) is 0 Å². The maximum absolute atomic E-state index is 12.9. The lowest BCUT2D eigenvalue weighted by atomic mass is 10.2. The van der Waals surface area contributed by atoms with Crippen LogP contribution < -0.4 is 10.6 Å². The van der Waals surface area contributed by atoms with Gasteiger partial charge in [0.15, 0.2) is 5.69 Å². The second-order valence-corrected chi connectivity index (χ2v) is 5.41. The van der Waals surface area contributed by atoms with Gasteiger partial charge in [0.05, 0.1) is 0 Å². The number of nitrogens with one attached hydrogen (secondary N) is 2. The molecule has 0 unspecified atom stereocenters. The highest BCUT2D eigenvalue weighted by atomic mass is 19.4. The number of aromatic nitrogens is 3. The van der Waals surface area contributed by atoms with Gasteiger partial charge in [-0.15, -0.1) is 0 Å². The minimum absolute atomic E-state index is 0.0220. The van der Waals surface area contributed by atoms with Crippen LogP contribution >= 0.6 is 0 Å². The minimum Gasteiger partial charge on any atom is -0.370 e. The molecule has 8 heteroatoms. The summed E-state index contributed by atoms with van der Waals surface area (Å²) in [5.41, 5.74) is 0.107. The summed E-state index contributed by atoms with van der Waals surface area (Å²) < 4.78 is 38.8. The fourth-order valence-electron chi connectivity index (χ4n) is 2.04. The summed E-state index contributed by atoms with van der Waals surface area (Å²) in [6.07, 6.45) is 1.40. The molecule has 0 aromatic carbocycles. The van der Waals surface area contributed by atoms with Gasteiger partial charge in [0.25, 0.3) is 0 Å². The standard InChI is InChI=1S/C15H16F3N5/c16-15(17,18)12-9-13(23-14(22-12)21-11-1-2-11)20-8-5-10-3-6-19-7-4-10/h3-4,6-7,9,11H,1-2,5,8H2,(H2,20,21,22,23). The van der Waals surface area contributed by atoms with Gasteiger partial charge in [-0.25, -0.2) is 4.98 Å². The smallest absolute Gasteiger partial charge is 0.370 e. The third-order valence-corrected chi connectivity index (χ3v) is 3.40. The summed E-state index contributed by atoms with van der Waals surface area (Å²) in [7, 11) is 0. The van der Waals surface area contributed by atoms with Crippen LogP contribution in [0.1, 0.15) is 24.1 Å². The number of pyridine rings is 1. The van der Waals surface area contributed by atoms with E-state index in [-0.39, 0.29) is 17.8 Å². The van der Waals surface area contributed by atoms with E-state index in [4.69, 9.17) is 0 Å². The van der Waals surface area contributed by atoms with Gasteiger partial charge in [0.2, 0.25) is 5.95 Å². The Kier molecular flexibility index (Phi) is 4.31. The molecule has 2 heterocycles.